The average molecular weight is 288 g/mol. The summed E-state index contributed by atoms with van der Waals surface area (Å²) in [7, 11) is 0. The van der Waals surface area contributed by atoms with Crippen LogP contribution in [0.25, 0.3) is 0 Å². The molecule has 2 fully saturated rings. The monoisotopic (exact) mass is 288 g/mol. The largest absolute Gasteiger partial charge is 0.381 e. The molecular formula is C17H24N2O2. The lowest BCUT2D eigenvalue weighted by Crippen LogP contribution is -2.35. The van der Waals surface area contributed by atoms with Gasteiger partial charge in [0.1, 0.15) is 6.17 Å². The van der Waals surface area contributed by atoms with Crippen molar-refractivity contribution in [2.75, 3.05) is 19.8 Å². The number of amides is 1. The predicted molar refractivity (Wildman–Crippen MR) is 81.8 cm³/mol. The van der Waals surface area contributed by atoms with Crippen molar-refractivity contribution in [3.63, 3.8) is 0 Å². The van der Waals surface area contributed by atoms with Gasteiger partial charge in [-0.05, 0) is 30.9 Å². The molecular weight excluding hydrogens is 264 g/mol. The lowest BCUT2D eigenvalue weighted by atomic mass is 10.1. The molecule has 0 saturated carbocycles. The van der Waals surface area contributed by atoms with Crippen LogP contribution in [-0.2, 0) is 16.0 Å². The van der Waals surface area contributed by atoms with Crippen molar-refractivity contribution in [1.82, 2.24) is 10.2 Å². The van der Waals surface area contributed by atoms with E-state index in [1.54, 1.807) is 0 Å². The van der Waals surface area contributed by atoms with Crippen LogP contribution in [0.5, 0.6) is 0 Å². The Hall–Kier alpha value is -1.39. The molecule has 1 aromatic rings. The Balaban J connectivity index is 1.78. The summed E-state index contributed by atoms with van der Waals surface area (Å²) in [6.07, 6.45) is 2.09. The summed E-state index contributed by atoms with van der Waals surface area (Å²) >= 11 is 0. The molecule has 3 unspecified atom stereocenters. The molecule has 21 heavy (non-hydrogen) atoms. The number of hydrogen-bond donors (Lipinski definition) is 1. The van der Waals surface area contributed by atoms with Crippen LogP contribution < -0.4 is 5.32 Å². The van der Waals surface area contributed by atoms with Gasteiger partial charge in [-0.3, -0.25) is 10.1 Å². The highest BCUT2D eigenvalue weighted by molar-refractivity contribution is 5.84. The number of nitrogens with zero attached hydrogens (tertiary/aromatic N) is 1. The minimum Gasteiger partial charge on any atom is -0.381 e. The number of ether oxygens (including phenoxy) is 1. The van der Waals surface area contributed by atoms with Crippen molar-refractivity contribution in [3.8, 4) is 0 Å². The molecule has 0 radical (unpaired) electrons. The third-order valence-corrected chi connectivity index (χ3v) is 4.56. The second-order valence-electron chi connectivity index (χ2n) is 6.11. The third-order valence-electron chi connectivity index (χ3n) is 4.56. The lowest BCUT2D eigenvalue weighted by Gasteiger charge is -2.27. The number of carbonyl (C=O) groups is 1. The summed E-state index contributed by atoms with van der Waals surface area (Å²) < 4.78 is 5.44. The molecule has 2 aliphatic rings. The Morgan fingerprint density at radius 1 is 1.33 bits per heavy atom. The van der Waals surface area contributed by atoms with E-state index in [0.29, 0.717) is 5.92 Å². The highest BCUT2D eigenvalue weighted by Gasteiger charge is 2.38. The fourth-order valence-corrected chi connectivity index (χ4v) is 3.19. The van der Waals surface area contributed by atoms with Gasteiger partial charge in [0.2, 0.25) is 5.91 Å². The molecule has 1 aromatic carbocycles. The smallest absolute Gasteiger partial charge is 0.241 e. The third kappa shape index (κ3) is 2.97. The van der Waals surface area contributed by atoms with Crippen LogP contribution in [0.1, 0.15) is 37.6 Å². The number of hydrogen-bond acceptors (Lipinski definition) is 3. The van der Waals surface area contributed by atoms with Crippen molar-refractivity contribution < 1.29 is 9.53 Å². The van der Waals surface area contributed by atoms with Crippen LogP contribution in [0.2, 0.25) is 0 Å². The number of carbonyl (C=O) groups excluding carboxylic acids is 1. The Kier molecular flexibility index (Phi) is 4.27. The summed E-state index contributed by atoms with van der Waals surface area (Å²) in [5.74, 6) is 0.671. The Morgan fingerprint density at radius 2 is 2.10 bits per heavy atom. The molecule has 1 amide bonds. The van der Waals surface area contributed by atoms with Gasteiger partial charge in [-0.15, -0.1) is 0 Å². The van der Waals surface area contributed by atoms with Crippen molar-refractivity contribution >= 4 is 5.91 Å². The molecule has 0 aromatic heterocycles. The first-order valence-electron chi connectivity index (χ1n) is 7.92. The predicted octanol–water partition coefficient (Wildman–Crippen LogP) is 2.10. The summed E-state index contributed by atoms with van der Waals surface area (Å²) in [6, 6.07) is 8.48. The van der Waals surface area contributed by atoms with Gasteiger partial charge in [0.15, 0.2) is 0 Å². The van der Waals surface area contributed by atoms with E-state index in [-0.39, 0.29) is 18.1 Å². The van der Waals surface area contributed by atoms with Crippen LogP contribution >= 0.6 is 0 Å². The normalized spacial score (nSPS) is 29.3. The van der Waals surface area contributed by atoms with Crippen LogP contribution in [-0.4, -0.2) is 36.6 Å². The molecule has 0 bridgehead atoms. The minimum absolute atomic E-state index is 0.000920. The topological polar surface area (TPSA) is 41.6 Å². The average Bonchev–Trinajstić information content (AvgIpc) is 3.11. The lowest BCUT2D eigenvalue weighted by molar-refractivity contribution is -0.130. The zero-order valence-corrected chi connectivity index (χ0v) is 12.8. The van der Waals surface area contributed by atoms with Gasteiger partial charge < -0.3 is 9.64 Å². The van der Waals surface area contributed by atoms with Gasteiger partial charge in [-0.25, -0.2) is 0 Å². The number of nitrogens with one attached hydrogen (secondary N) is 1. The molecule has 4 heteroatoms. The fraction of sp³-hybridized carbons (Fsp3) is 0.588. The Morgan fingerprint density at radius 3 is 2.71 bits per heavy atom. The molecule has 3 atom stereocenters. The molecule has 4 nitrogen and oxygen atoms in total. The SMILES string of the molecule is CCc1ccc(C2NC(C)C(=O)N2CC2CCOC2)cc1. The van der Waals surface area contributed by atoms with Gasteiger partial charge in [0.05, 0.1) is 12.6 Å². The molecule has 2 saturated heterocycles. The first-order chi connectivity index (χ1) is 10.2. The minimum atomic E-state index is -0.108. The Bertz CT molecular complexity index is 494. The zero-order chi connectivity index (χ0) is 14.8. The first-order valence-corrected chi connectivity index (χ1v) is 7.92. The molecule has 1 N–H and O–H groups in total. The van der Waals surface area contributed by atoms with Crippen LogP contribution in [0.4, 0.5) is 0 Å². The van der Waals surface area contributed by atoms with E-state index in [1.165, 1.54) is 11.1 Å². The van der Waals surface area contributed by atoms with E-state index >= 15 is 0 Å². The fourth-order valence-electron chi connectivity index (χ4n) is 3.19. The maximum atomic E-state index is 12.4. The quantitative estimate of drug-likeness (QED) is 0.922. The summed E-state index contributed by atoms with van der Waals surface area (Å²) in [5.41, 5.74) is 2.50. The maximum Gasteiger partial charge on any atom is 0.241 e. The van der Waals surface area contributed by atoms with Crippen LogP contribution in [0.3, 0.4) is 0 Å². The molecule has 2 aliphatic heterocycles. The van der Waals surface area contributed by atoms with Crippen molar-refractivity contribution in [3.05, 3.63) is 35.4 Å². The van der Waals surface area contributed by atoms with E-state index < -0.39 is 0 Å². The number of benzene rings is 1. The highest BCUT2D eigenvalue weighted by Crippen LogP contribution is 2.28. The van der Waals surface area contributed by atoms with Crippen molar-refractivity contribution in [2.45, 2.75) is 38.9 Å². The highest BCUT2D eigenvalue weighted by atomic mass is 16.5. The number of aryl methyl sites for hydroxylation is 1. The molecule has 0 aliphatic carbocycles. The summed E-state index contributed by atoms with van der Waals surface area (Å²) in [6.45, 7) is 6.49. The molecule has 2 heterocycles. The van der Waals surface area contributed by atoms with Gasteiger partial charge in [-0.2, -0.15) is 0 Å². The Labute approximate surface area is 126 Å². The van der Waals surface area contributed by atoms with E-state index in [9.17, 15) is 4.79 Å². The van der Waals surface area contributed by atoms with Crippen LogP contribution in [0, 0.1) is 5.92 Å². The van der Waals surface area contributed by atoms with Gasteiger partial charge >= 0.3 is 0 Å². The van der Waals surface area contributed by atoms with E-state index in [0.717, 1.165) is 32.6 Å². The second kappa shape index (κ2) is 6.16. The first kappa shape index (κ1) is 14.5. The van der Waals surface area contributed by atoms with Crippen molar-refractivity contribution in [1.29, 1.82) is 0 Å². The van der Waals surface area contributed by atoms with E-state index in [4.69, 9.17) is 4.74 Å². The maximum absolute atomic E-state index is 12.4. The number of rotatable bonds is 4. The zero-order valence-electron chi connectivity index (χ0n) is 12.8. The molecule has 0 spiro atoms. The van der Waals surface area contributed by atoms with Gasteiger partial charge in [0, 0.05) is 19.1 Å². The standard InChI is InChI=1S/C17H24N2O2/c1-3-13-4-6-15(7-5-13)16-18-12(2)17(20)19(16)10-14-8-9-21-11-14/h4-7,12,14,16,18H,3,8-11H2,1-2H3. The van der Waals surface area contributed by atoms with E-state index in [1.807, 2.05) is 11.8 Å². The van der Waals surface area contributed by atoms with Gasteiger partial charge in [-0.1, -0.05) is 31.2 Å². The van der Waals surface area contributed by atoms with Crippen LogP contribution in [0.15, 0.2) is 24.3 Å². The van der Waals surface area contributed by atoms with Crippen molar-refractivity contribution in [2.24, 2.45) is 5.92 Å². The summed E-state index contributed by atoms with van der Waals surface area (Å²) in [4.78, 5) is 14.4. The van der Waals surface area contributed by atoms with E-state index in [2.05, 4.69) is 36.5 Å². The summed E-state index contributed by atoms with van der Waals surface area (Å²) in [5, 5.41) is 3.42. The second-order valence-corrected chi connectivity index (χ2v) is 6.11. The van der Waals surface area contributed by atoms with Gasteiger partial charge in [0.25, 0.3) is 0 Å². The molecule has 3 rings (SSSR count). The molecule has 114 valence electrons.